The van der Waals surface area contributed by atoms with Crippen molar-refractivity contribution >= 4 is 23.2 Å². The molecule has 2 heterocycles. The molecule has 1 aliphatic rings. The van der Waals surface area contributed by atoms with Gasteiger partial charge < -0.3 is 10.6 Å². The van der Waals surface area contributed by atoms with Crippen LogP contribution in [0.25, 0.3) is 0 Å². The summed E-state index contributed by atoms with van der Waals surface area (Å²) in [5.41, 5.74) is 6.65. The Morgan fingerprint density at radius 3 is 2.46 bits per heavy atom. The lowest BCUT2D eigenvalue weighted by atomic mass is 9.96. The number of nitrogens with zero attached hydrogens (tertiary/aromatic N) is 2. The topological polar surface area (TPSA) is 66.6 Å². The van der Waals surface area contributed by atoms with Crippen LogP contribution in [0.1, 0.15) is 28.2 Å². The van der Waals surface area contributed by atoms with Crippen LogP contribution in [0, 0.1) is 12.8 Å². The van der Waals surface area contributed by atoms with Crippen LogP contribution in [0.4, 0.5) is 0 Å². The van der Waals surface area contributed by atoms with Crippen LogP contribution in [-0.2, 0) is 22.6 Å². The molecule has 0 aliphatic carbocycles. The fourth-order valence-corrected chi connectivity index (χ4v) is 4.53. The van der Waals surface area contributed by atoms with E-state index in [4.69, 9.17) is 5.73 Å². The summed E-state index contributed by atoms with van der Waals surface area (Å²) in [7, 11) is 0. The second-order valence-corrected chi connectivity index (χ2v) is 8.89. The Hall–Kier alpha value is -2.18. The molecule has 3 rings (SSSR count). The normalized spacial score (nSPS) is 15.5. The maximum Gasteiger partial charge on any atom is 0.237 e. The van der Waals surface area contributed by atoms with Crippen molar-refractivity contribution in [1.82, 2.24) is 9.80 Å². The minimum absolute atomic E-state index is 0.0466. The number of likely N-dealkylation sites (tertiary alicyclic amines) is 1. The van der Waals surface area contributed by atoms with Gasteiger partial charge in [0.15, 0.2) is 0 Å². The molecule has 0 atom stereocenters. The zero-order chi connectivity index (χ0) is 19.9. The molecule has 0 spiro atoms. The molecule has 0 unspecified atom stereocenters. The Morgan fingerprint density at radius 2 is 1.86 bits per heavy atom. The number of hydrogen-bond acceptors (Lipinski definition) is 4. The van der Waals surface area contributed by atoms with E-state index in [1.54, 1.807) is 11.3 Å². The third-order valence-corrected chi connectivity index (χ3v) is 6.34. The standard InChI is InChI=1S/C22H29N3O2S/c1-17-7-8-20(28-17)15-25(14-9-18-5-3-2-4-6-18)21(26)16-24-12-10-19(11-13-24)22(23)27/h2-8,19H,9-16H2,1H3,(H2,23,27). The Balaban J connectivity index is 1.60. The highest BCUT2D eigenvalue weighted by Gasteiger charge is 2.25. The van der Waals surface area contributed by atoms with E-state index < -0.39 is 0 Å². The molecule has 1 saturated heterocycles. The first kappa shape index (κ1) is 20.6. The van der Waals surface area contributed by atoms with Crippen LogP contribution in [-0.4, -0.2) is 47.8 Å². The Bertz CT molecular complexity index is 782. The molecule has 2 N–H and O–H groups in total. The van der Waals surface area contributed by atoms with Gasteiger partial charge in [-0.3, -0.25) is 14.5 Å². The van der Waals surface area contributed by atoms with Crippen LogP contribution in [0.5, 0.6) is 0 Å². The fraction of sp³-hybridized carbons (Fsp3) is 0.455. The van der Waals surface area contributed by atoms with E-state index in [-0.39, 0.29) is 17.7 Å². The van der Waals surface area contributed by atoms with Gasteiger partial charge in [0.25, 0.3) is 0 Å². The van der Waals surface area contributed by atoms with Gasteiger partial charge in [-0.05, 0) is 57.0 Å². The number of nitrogens with two attached hydrogens (primary N) is 1. The van der Waals surface area contributed by atoms with Crippen molar-refractivity contribution in [1.29, 1.82) is 0 Å². The molecule has 0 radical (unpaired) electrons. The van der Waals surface area contributed by atoms with Gasteiger partial charge in [-0.25, -0.2) is 0 Å². The van der Waals surface area contributed by atoms with Crippen LogP contribution >= 0.6 is 11.3 Å². The predicted octanol–water partition coefficient (Wildman–Crippen LogP) is 2.83. The lowest BCUT2D eigenvalue weighted by Crippen LogP contribution is -2.45. The van der Waals surface area contributed by atoms with Crippen LogP contribution in [0.3, 0.4) is 0 Å². The average Bonchev–Trinajstić information content (AvgIpc) is 3.11. The first-order chi connectivity index (χ1) is 13.5. The number of amides is 2. The molecule has 5 nitrogen and oxygen atoms in total. The van der Waals surface area contributed by atoms with Crippen molar-refractivity contribution in [2.24, 2.45) is 11.7 Å². The second kappa shape index (κ2) is 9.85. The Kier molecular flexibility index (Phi) is 7.23. The molecule has 1 aliphatic heterocycles. The Labute approximate surface area is 171 Å². The number of piperidine rings is 1. The highest BCUT2D eigenvalue weighted by molar-refractivity contribution is 7.11. The molecule has 1 aromatic carbocycles. The zero-order valence-electron chi connectivity index (χ0n) is 16.5. The first-order valence-corrected chi connectivity index (χ1v) is 10.7. The number of thiophene rings is 1. The number of carbonyl (C=O) groups excluding carboxylic acids is 2. The summed E-state index contributed by atoms with van der Waals surface area (Å²) in [6.45, 7) is 5.37. The number of hydrogen-bond donors (Lipinski definition) is 1. The third-order valence-electron chi connectivity index (χ3n) is 5.36. The average molecular weight is 400 g/mol. The van der Waals surface area contributed by atoms with Crippen molar-refractivity contribution in [2.75, 3.05) is 26.2 Å². The Morgan fingerprint density at radius 1 is 1.14 bits per heavy atom. The maximum absolute atomic E-state index is 13.1. The zero-order valence-corrected chi connectivity index (χ0v) is 17.3. The molecule has 28 heavy (non-hydrogen) atoms. The highest BCUT2D eigenvalue weighted by atomic mass is 32.1. The van der Waals surface area contributed by atoms with E-state index in [9.17, 15) is 9.59 Å². The van der Waals surface area contributed by atoms with E-state index >= 15 is 0 Å². The third kappa shape index (κ3) is 5.91. The predicted molar refractivity (Wildman–Crippen MR) is 113 cm³/mol. The minimum Gasteiger partial charge on any atom is -0.369 e. The molecule has 2 amide bonds. The first-order valence-electron chi connectivity index (χ1n) is 9.90. The smallest absolute Gasteiger partial charge is 0.237 e. The molecular formula is C22H29N3O2S. The number of aryl methyl sites for hydroxylation is 1. The summed E-state index contributed by atoms with van der Waals surface area (Å²) >= 11 is 1.75. The summed E-state index contributed by atoms with van der Waals surface area (Å²) in [4.78, 5) is 31.0. The summed E-state index contributed by atoms with van der Waals surface area (Å²) in [6.07, 6.45) is 2.34. The minimum atomic E-state index is -0.219. The van der Waals surface area contributed by atoms with E-state index in [2.05, 4.69) is 36.1 Å². The molecule has 1 fully saturated rings. The SMILES string of the molecule is Cc1ccc(CN(CCc2ccccc2)C(=O)CN2CCC(C(N)=O)CC2)s1. The van der Waals surface area contributed by atoms with Gasteiger partial charge in [-0.15, -0.1) is 11.3 Å². The van der Waals surface area contributed by atoms with E-state index in [1.807, 2.05) is 23.1 Å². The number of primary amides is 1. The van der Waals surface area contributed by atoms with Crippen molar-refractivity contribution in [2.45, 2.75) is 32.7 Å². The van der Waals surface area contributed by atoms with Crippen molar-refractivity contribution in [3.05, 3.63) is 57.8 Å². The lowest BCUT2D eigenvalue weighted by Gasteiger charge is -2.32. The molecule has 150 valence electrons. The lowest BCUT2D eigenvalue weighted by molar-refractivity contribution is -0.133. The summed E-state index contributed by atoms with van der Waals surface area (Å²) < 4.78 is 0. The van der Waals surface area contributed by atoms with Gasteiger partial charge in [-0.1, -0.05) is 30.3 Å². The summed E-state index contributed by atoms with van der Waals surface area (Å²) in [6, 6.07) is 14.5. The fourth-order valence-electron chi connectivity index (χ4n) is 3.63. The van der Waals surface area contributed by atoms with Gasteiger partial charge in [0.05, 0.1) is 13.1 Å². The van der Waals surface area contributed by atoms with E-state index in [0.29, 0.717) is 19.6 Å². The second-order valence-electron chi connectivity index (χ2n) is 7.52. The van der Waals surface area contributed by atoms with E-state index in [1.165, 1.54) is 15.3 Å². The monoisotopic (exact) mass is 399 g/mol. The van der Waals surface area contributed by atoms with Gasteiger partial charge in [0.1, 0.15) is 0 Å². The number of rotatable bonds is 8. The molecule has 0 saturated carbocycles. The van der Waals surface area contributed by atoms with Gasteiger partial charge in [0, 0.05) is 22.2 Å². The van der Waals surface area contributed by atoms with Crippen molar-refractivity contribution < 1.29 is 9.59 Å². The molecule has 6 heteroatoms. The van der Waals surface area contributed by atoms with Crippen molar-refractivity contribution in [3.63, 3.8) is 0 Å². The number of carbonyl (C=O) groups is 2. The van der Waals surface area contributed by atoms with Gasteiger partial charge in [0.2, 0.25) is 11.8 Å². The number of benzene rings is 1. The highest BCUT2D eigenvalue weighted by Crippen LogP contribution is 2.19. The molecular weight excluding hydrogens is 370 g/mol. The van der Waals surface area contributed by atoms with Crippen LogP contribution in [0.2, 0.25) is 0 Å². The van der Waals surface area contributed by atoms with E-state index in [0.717, 1.165) is 32.4 Å². The van der Waals surface area contributed by atoms with Crippen LogP contribution < -0.4 is 5.73 Å². The van der Waals surface area contributed by atoms with Gasteiger partial charge in [-0.2, -0.15) is 0 Å². The molecule has 1 aromatic heterocycles. The molecule has 2 aromatic rings. The quantitative estimate of drug-likeness (QED) is 0.742. The van der Waals surface area contributed by atoms with Gasteiger partial charge >= 0.3 is 0 Å². The van der Waals surface area contributed by atoms with Crippen LogP contribution in [0.15, 0.2) is 42.5 Å². The van der Waals surface area contributed by atoms with Crippen molar-refractivity contribution in [3.8, 4) is 0 Å². The summed E-state index contributed by atoms with van der Waals surface area (Å²) in [5.74, 6) is -0.113. The maximum atomic E-state index is 13.1. The molecule has 0 bridgehead atoms. The summed E-state index contributed by atoms with van der Waals surface area (Å²) in [5, 5.41) is 0. The largest absolute Gasteiger partial charge is 0.369 e.